The highest BCUT2D eigenvalue weighted by Gasteiger charge is 2.34. The summed E-state index contributed by atoms with van der Waals surface area (Å²) in [6, 6.07) is 4.43. The van der Waals surface area contributed by atoms with Gasteiger partial charge in [-0.05, 0) is 30.5 Å². The van der Waals surface area contributed by atoms with Gasteiger partial charge in [-0.1, -0.05) is 25.3 Å². The van der Waals surface area contributed by atoms with Gasteiger partial charge < -0.3 is 20.5 Å². The summed E-state index contributed by atoms with van der Waals surface area (Å²) in [5, 5.41) is 16.1. The fourth-order valence-corrected chi connectivity index (χ4v) is 4.26. The number of ether oxygens (including phenoxy) is 1. The number of halogens is 2. The number of rotatable bonds is 6. The van der Waals surface area contributed by atoms with Crippen LogP contribution in [-0.4, -0.2) is 62.4 Å². The van der Waals surface area contributed by atoms with Crippen LogP contribution in [0.15, 0.2) is 23.2 Å². The molecule has 3 N–H and O–H groups in total. The molecule has 0 bridgehead atoms. The van der Waals surface area contributed by atoms with E-state index >= 15 is 0 Å². The Kier molecular flexibility index (Phi) is 9.91. The van der Waals surface area contributed by atoms with Crippen molar-refractivity contribution in [3.8, 4) is 5.75 Å². The first-order valence-electron chi connectivity index (χ1n) is 10.3. The first kappa shape index (κ1) is 24.1. The van der Waals surface area contributed by atoms with E-state index in [4.69, 9.17) is 4.74 Å². The Bertz CT molecular complexity index is 662. The van der Waals surface area contributed by atoms with Gasteiger partial charge >= 0.3 is 0 Å². The first-order chi connectivity index (χ1) is 13.6. The number of hydrogen-bond donors (Lipinski definition) is 3. The maximum absolute atomic E-state index is 13.5. The number of guanidine groups is 1. The summed E-state index contributed by atoms with van der Waals surface area (Å²) >= 11 is 0. The van der Waals surface area contributed by atoms with E-state index in [0.717, 1.165) is 50.9 Å². The number of nitrogens with zero attached hydrogens (tertiary/aromatic N) is 2. The van der Waals surface area contributed by atoms with Crippen molar-refractivity contribution >= 4 is 29.9 Å². The third-order valence-corrected chi connectivity index (χ3v) is 5.90. The Morgan fingerprint density at radius 3 is 2.59 bits per heavy atom. The minimum atomic E-state index is -0.603. The maximum atomic E-state index is 13.5. The van der Waals surface area contributed by atoms with E-state index in [1.807, 2.05) is 0 Å². The number of nitrogens with one attached hydrogen (secondary N) is 2. The van der Waals surface area contributed by atoms with Gasteiger partial charge in [-0.2, -0.15) is 0 Å². The number of benzene rings is 1. The second-order valence-corrected chi connectivity index (χ2v) is 8.01. The van der Waals surface area contributed by atoms with Crippen molar-refractivity contribution in [1.29, 1.82) is 0 Å². The van der Waals surface area contributed by atoms with Crippen LogP contribution in [0, 0.1) is 11.2 Å². The van der Waals surface area contributed by atoms with Gasteiger partial charge in [0.05, 0.1) is 13.2 Å². The lowest BCUT2D eigenvalue weighted by molar-refractivity contribution is 0.00820. The zero-order valence-electron chi connectivity index (χ0n) is 17.3. The number of aromatic hydroxyl groups is 1. The molecule has 2 fully saturated rings. The van der Waals surface area contributed by atoms with E-state index in [0.29, 0.717) is 6.54 Å². The Morgan fingerprint density at radius 1 is 1.21 bits per heavy atom. The lowest BCUT2D eigenvalue weighted by Gasteiger charge is -2.42. The fraction of sp³-hybridized carbons (Fsp3) is 0.667. The van der Waals surface area contributed by atoms with Crippen LogP contribution in [0.25, 0.3) is 0 Å². The molecule has 1 heterocycles. The van der Waals surface area contributed by atoms with Gasteiger partial charge in [-0.25, -0.2) is 4.39 Å². The number of phenols is 1. The molecule has 0 amide bonds. The second kappa shape index (κ2) is 11.9. The van der Waals surface area contributed by atoms with Crippen LogP contribution in [-0.2, 0) is 11.3 Å². The van der Waals surface area contributed by atoms with Gasteiger partial charge in [0.2, 0.25) is 0 Å². The van der Waals surface area contributed by atoms with Crippen LogP contribution < -0.4 is 10.6 Å². The van der Waals surface area contributed by atoms with E-state index in [1.54, 1.807) is 13.1 Å². The molecule has 0 aromatic heterocycles. The van der Waals surface area contributed by atoms with Gasteiger partial charge in [0.1, 0.15) is 0 Å². The molecule has 1 aromatic rings. The third-order valence-electron chi connectivity index (χ3n) is 5.90. The lowest BCUT2D eigenvalue weighted by Crippen LogP contribution is -2.51. The minimum absolute atomic E-state index is 0. The summed E-state index contributed by atoms with van der Waals surface area (Å²) < 4.78 is 19.0. The van der Waals surface area contributed by atoms with Crippen LogP contribution in [0.3, 0.4) is 0 Å². The molecule has 0 radical (unpaired) electrons. The average Bonchev–Trinajstić information content (AvgIpc) is 2.72. The fourth-order valence-electron chi connectivity index (χ4n) is 4.26. The molecule has 0 atom stereocenters. The van der Waals surface area contributed by atoms with E-state index in [1.165, 1.54) is 44.2 Å². The van der Waals surface area contributed by atoms with Crippen LogP contribution in [0.2, 0.25) is 0 Å². The Hall–Kier alpha value is -1.13. The van der Waals surface area contributed by atoms with Crippen molar-refractivity contribution in [3.05, 3.63) is 29.6 Å². The third kappa shape index (κ3) is 7.25. The van der Waals surface area contributed by atoms with Crippen LogP contribution in [0.5, 0.6) is 5.75 Å². The highest BCUT2D eigenvalue weighted by molar-refractivity contribution is 14.0. The largest absolute Gasteiger partial charge is 0.505 e. The molecule has 1 saturated heterocycles. The number of morpholine rings is 1. The monoisotopic (exact) mass is 520 g/mol. The van der Waals surface area contributed by atoms with Gasteiger partial charge in [-0.15, -0.1) is 24.0 Å². The summed E-state index contributed by atoms with van der Waals surface area (Å²) in [7, 11) is 1.75. The Morgan fingerprint density at radius 2 is 1.93 bits per heavy atom. The molecule has 2 aliphatic rings. The number of phenolic OH excluding ortho intramolecular Hbond substituents is 1. The molecule has 1 saturated carbocycles. The normalized spacial score (nSPS) is 20.0. The zero-order valence-corrected chi connectivity index (χ0v) is 19.6. The molecule has 3 rings (SSSR count). The van der Waals surface area contributed by atoms with Crippen molar-refractivity contribution in [1.82, 2.24) is 15.5 Å². The molecule has 1 aliphatic heterocycles. The van der Waals surface area contributed by atoms with E-state index in [-0.39, 0.29) is 35.1 Å². The summed E-state index contributed by atoms with van der Waals surface area (Å²) in [5.74, 6) is -0.206. The molecular formula is C21H34FIN4O2. The van der Waals surface area contributed by atoms with Crippen LogP contribution >= 0.6 is 24.0 Å². The molecule has 164 valence electrons. The average molecular weight is 520 g/mol. The number of aliphatic imine (C=N–C) groups is 1. The Labute approximate surface area is 190 Å². The smallest absolute Gasteiger partial charge is 0.191 e. The molecule has 1 aliphatic carbocycles. The number of hydrogen-bond acceptors (Lipinski definition) is 4. The molecule has 6 nitrogen and oxygen atoms in total. The molecule has 8 heteroatoms. The standard InChI is InChI=1S/C21H33FN4O2.HI/c1-23-20(24-14-17-5-6-19(27)18(22)13-17)25-15-21(7-3-2-4-8-21)16-26-9-11-28-12-10-26;/h5-6,13,27H,2-4,7-12,14-16H2,1H3,(H2,23,24,25);1H. The van der Waals surface area contributed by atoms with Crippen molar-refractivity contribution in [2.75, 3.05) is 46.4 Å². The van der Waals surface area contributed by atoms with E-state index < -0.39 is 5.82 Å². The summed E-state index contributed by atoms with van der Waals surface area (Å²) in [6.45, 7) is 6.12. The van der Waals surface area contributed by atoms with Gasteiger partial charge in [0, 0.05) is 45.2 Å². The summed E-state index contributed by atoms with van der Waals surface area (Å²) in [4.78, 5) is 6.86. The maximum Gasteiger partial charge on any atom is 0.191 e. The highest BCUT2D eigenvalue weighted by Crippen LogP contribution is 2.36. The van der Waals surface area contributed by atoms with Gasteiger partial charge in [-0.3, -0.25) is 9.89 Å². The van der Waals surface area contributed by atoms with E-state index in [9.17, 15) is 9.50 Å². The quantitative estimate of drug-likeness (QED) is 0.306. The summed E-state index contributed by atoms with van der Waals surface area (Å²) in [5.41, 5.74) is 1.02. The Balaban J connectivity index is 0.00000300. The lowest BCUT2D eigenvalue weighted by atomic mass is 9.73. The van der Waals surface area contributed by atoms with Gasteiger partial charge in [0.25, 0.3) is 0 Å². The van der Waals surface area contributed by atoms with Crippen LogP contribution in [0.4, 0.5) is 4.39 Å². The highest BCUT2D eigenvalue weighted by atomic mass is 127. The molecule has 1 aromatic carbocycles. The predicted molar refractivity (Wildman–Crippen MR) is 124 cm³/mol. The van der Waals surface area contributed by atoms with Crippen molar-refractivity contribution in [2.45, 2.75) is 38.6 Å². The predicted octanol–water partition coefficient (Wildman–Crippen LogP) is 3.10. The van der Waals surface area contributed by atoms with E-state index in [2.05, 4.69) is 20.5 Å². The topological polar surface area (TPSA) is 69.1 Å². The summed E-state index contributed by atoms with van der Waals surface area (Å²) in [6.07, 6.45) is 6.36. The van der Waals surface area contributed by atoms with Gasteiger partial charge in [0.15, 0.2) is 17.5 Å². The minimum Gasteiger partial charge on any atom is -0.505 e. The van der Waals surface area contributed by atoms with Crippen LogP contribution in [0.1, 0.15) is 37.7 Å². The first-order valence-corrected chi connectivity index (χ1v) is 10.3. The van der Waals surface area contributed by atoms with Crippen molar-refractivity contribution < 1.29 is 14.2 Å². The molecular weight excluding hydrogens is 486 g/mol. The molecule has 29 heavy (non-hydrogen) atoms. The van der Waals surface area contributed by atoms with Crippen molar-refractivity contribution in [2.24, 2.45) is 10.4 Å². The second-order valence-electron chi connectivity index (χ2n) is 8.01. The molecule has 0 unspecified atom stereocenters. The molecule has 0 spiro atoms. The van der Waals surface area contributed by atoms with Crippen molar-refractivity contribution in [3.63, 3.8) is 0 Å². The SMILES string of the molecule is CN=C(NCc1ccc(O)c(F)c1)NCC1(CN2CCOCC2)CCCCC1.I. The zero-order chi connectivity index (χ0) is 19.8.